The first-order valence-electron chi connectivity index (χ1n) is 9.54. The molecule has 0 N–H and O–H groups in total. The van der Waals surface area contributed by atoms with E-state index in [2.05, 4.69) is 41.3 Å². The second kappa shape index (κ2) is 8.74. The third-order valence-corrected chi connectivity index (χ3v) is 4.79. The van der Waals surface area contributed by atoms with Crippen molar-refractivity contribution >= 4 is 17.4 Å². The predicted molar refractivity (Wildman–Crippen MR) is 113 cm³/mol. The molecule has 2 aromatic carbocycles. The van der Waals surface area contributed by atoms with Gasteiger partial charge in [-0.05, 0) is 37.1 Å². The highest BCUT2D eigenvalue weighted by atomic mass is 16.5. The number of anilines is 1. The smallest absolute Gasteiger partial charge is 0.332 e. The number of hydrogen-bond donors (Lipinski definition) is 0. The van der Waals surface area contributed by atoms with Crippen LogP contribution < -0.4 is 4.90 Å². The van der Waals surface area contributed by atoms with Gasteiger partial charge in [-0.25, -0.2) is 4.79 Å². The molecule has 0 aliphatic carbocycles. The van der Waals surface area contributed by atoms with E-state index in [1.54, 1.807) is 6.92 Å². The molecule has 0 amide bonds. The highest BCUT2D eigenvalue weighted by Gasteiger charge is 2.30. The minimum atomic E-state index is -0.343. The molecule has 0 bridgehead atoms. The van der Waals surface area contributed by atoms with Gasteiger partial charge in [-0.1, -0.05) is 42.5 Å². The fraction of sp³-hybridized carbons (Fsp3) is 0.304. The average Bonchev–Trinajstić information content (AvgIpc) is 3.14. The fourth-order valence-corrected chi connectivity index (χ4v) is 3.32. The van der Waals surface area contributed by atoms with Crippen LogP contribution >= 0.6 is 0 Å². The number of rotatable bonds is 6. The molecule has 0 unspecified atom stereocenters. The van der Waals surface area contributed by atoms with Crippen molar-refractivity contribution in [3.8, 4) is 0 Å². The normalized spacial score (nSPS) is 16.7. The average molecular weight is 377 g/mol. The Morgan fingerprint density at radius 1 is 1.18 bits per heavy atom. The van der Waals surface area contributed by atoms with E-state index in [0.717, 1.165) is 34.6 Å². The zero-order valence-electron chi connectivity index (χ0n) is 16.9. The van der Waals surface area contributed by atoms with Crippen LogP contribution in [0.25, 0.3) is 0 Å². The van der Waals surface area contributed by atoms with Crippen LogP contribution in [0.5, 0.6) is 0 Å². The molecule has 2 aromatic rings. The number of carbonyl (C=O) groups is 1. The van der Waals surface area contributed by atoms with Crippen molar-refractivity contribution < 1.29 is 9.53 Å². The summed E-state index contributed by atoms with van der Waals surface area (Å²) in [4.78, 5) is 14.0. The van der Waals surface area contributed by atoms with E-state index in [1.807, 2.05) is 44.2 Å². The monoisotopic (exact) mass is 377 g/mol. The number of benzene rings is 2. The summed E-state index contributed by atoms with van der Waals surface area (Å²) in [7, 11) is 4.06. The maximum absolute atomic E-state index is 11.9. The summed E-state index contributed by atoms with van der Waals surface area (Å²) >= 11 is 0. The first-order chi connectivity index (χ1) is 13.5. The lowest BCUT2D eigenvalue weighted by Crippen LogP contribution is -2.19. The standard InChI is InChI=1S/C23H27N3O2/c1-5-28-23(27)15-17(2)26-22(19-11-13-20(14-12-19)25(3)4)16-21(24-26)18-9-7-6-8-10-18/h6-15,22H,5,16H2,1-4H3/b17-15+/t22-/m1/s1. The van der Waals surface area contributed by atoms with Gasteiger partial charge in [0.05, 0.1) is 18.4 Å². The molecule has 5 nitrogen and oxygen atoms in total. The lowest BCUT2D eigenvalue weighted by molar-refractivity contribution is -0.137. The van der Waals surface area contributed by atoms with Crippen molar-refractivity contribution in [3.05, 3.63) is 77.5 Å². The number of hydrogen-bond acceptors (Lipinski definition) is 5. The number of ether oxygens (including phenoxy) is 1. The van der Waals surface area contributed by atoms with Crippen LogP contribution in [0.4, 0.5) is 5.69 Å². The second-order valence-corrected chi connectivity index (χ2v) is 7.00. The second-order valence-electron chi connectivity index (χ2n) is 7.00. The Bertz CT molecular complexity index is 870. The summed E-state index contributed by atoms with van der Waals surface area (Å²) in [6.07, 6.45) is 2.29. The van der Waals surface area contributed by atoms with Crippen molar-refractivity contribution in [2.45, 2.75) is 26.3 Å². The molecule has 0 radical (unpaired) electrons. The molecule has 0 fully saturated rings. The molecule has 1 atom stereocenters. The first-order valence-corrected chi connectivity index (χ1v) is 9.54. The lowest BCUT2D eigenvalue weighted by atomic mass is 9.98. The van der Waals surface area contributed by atoms with Crippen molar-refractivity contribution in [3.63, 3.8) is 0 Å². The number of esters is 1. The number of hydrazone groups is 1. The third kappa shape index (κ3) is 4.42. The summed E-state index contributed by atoms with van der Waals surface area (Å²) < 4.78 is 5.07. The van der Waals surface area contributed by atoms with E-state index >= 15 is 0 Å². The van der Waals surface area contributed by atoms with E-state index in [0.29, 0.717) is 6.61 Å². The summed E-state index contributed by atoms with van der Waals surface area (Å²) in [5, 5.41) is 6.78. The van der Waals surface area contributed by atoms with Gasteiger partial charge < -0.3 is 9.64 Å². The van der Waals surface area contributed by atoms with Gasteiger partial charge in [0.1, 0.15) is 0 Å². The maximum Gasteiger partial charge on any atom is 0.332 e. The molecule has 0 saturated carbocycles. The lowest BCUT2D eigenvalue weighted by Gasteiger charge is -2.25. The molecular formula is C23H27N3O2. The number of nitrogens with zero attached hydrogens (tertiary/aromatic N) is 3. The Kier molecular flexibility index (Phi) is 6.14. The van der Waals surface area contributed by atoms with E-state index in [-0.39, 0.29) is 12.0 Å². The van der Waals surface area contributed by atoms with Crippen LogP contribution in [-0.4, -0.2) is 37.4 Å². The molecule has 1 aliphatic rings. The van der Waals surface area contributed by atoms with E-state index in [9.17, 15) is 4.79 Å². The minimum absolute atomic E-state index is 0.0390. The third-order valence-electron chi connectivity index (χ3n) is 4.79. The Hall–Kier alpha value is -3.08. The van der Waals surface area contributed by atoms with Gasteiger partial charge in [0, 0.05) is 38.0 Å². The number of allylic oxidation sites excluding steroid dienone is 1. The van der Waals surface area contributed by atoms with Crippen LogP contribution in [0.15, 0.2) is 71.5 Å². The van der Waals surface area contributed by atoms with Gasteiger partial charge in [0.15, 0.2) is 0 Å². The fourth-order valence-electron chi connectivity index (χ4n) is 3.32. The quantitative estimate of drug-likeness (QED) is 0.554. The maximum atomic E-state index is 11.9. The van der Waals surface area contributed by atoms with Crippen LogP contribution in [0, 0.1) is 0 Å². The topological polar surface area (TPSA) is 45.1 Å². The van der Waals surface area contributed by atoms with Crippen LogP contribution in [-0.2, 0) is 9.53 Å². The van der Waals surface area contributed by atoms with E-state index in [4.69, 9.17) is 9.84 Å². The van der Waals surface area contributed by atoms with E-state index < -0.39 is 0 Å². The van der Waals surface area contributed by atoms with Gasteiger partial charge in [-0.3, -0.25) is 5.01 Å². The number of carbonyl (C=O) groups excluding carboxylic acids is 1. The van der Waals surface area contributed by atoms with Gasteiger partial charge in [-0.15, -0.1) is 0 Å². The largest absolute Gasteiger partial charge is 0.463 e. The van der Waals surface area contributed by atoms with Crippen molar-refractivity contribution in [2.75, 3.05) is 25.6 Å². The summed E-state index contributed by atoms with van der Waals surface area (Å²) in [6.45, 7) is 4.06. The minimum Gasteiger partial charge on any atom is -0.463 e. The highest BCUT2D eigenvalue weighted by Crippen LogP contribution is 2.36. The van der Waals surface area contributed by atoms with Crippen LogP contribution in [0.3, 0.4) is 0 Å². The Morgan fingerprint density at radius 2 is 1.86 bits per heavy atom. The molecule has 0 spiro atoms. The zero-order chi connectivity index (χ0) is 20.1. The predicted octanol–water partition coefficient (Wildman–Crippen LogP) is 4.37. The first kappa shape index (κ1) is 19.7. The molecule has 146 valence electrons. The highest BCUT2D eigenvalue weighted by molar-refractivity contribution is 6.02. The molecule has 3 rings (SSSR count). The van der Waals surface area contributed by atoms with Crippen LogP contribution in [0.2, 0.25) is 0 Å². The molecule has 0 aromatic heterocycles. The van der Waals surface area contributed by atoms with Gasteiger partial charge in [0.25, 0.3) is 0 Å². The SMILES string of the molecule is CCOC(=O)/C=C(\C)N1N=C(c2ccccc2)C[C@@H]1c1ccc(N(C)C)cc1. The Labute approximate surface area is 166 Å². The van der Waals surface area contributed by atoms with Gasteiger partial charge >= 0.3 is 5.97 Å². The molecule has 1 aliphatic heterocycles. The van der Waals surface area contributed by atoms with Crippen molar-refractivity contribution in [1.82, 2.24) is 5.01 Å². The summed E-state index contributed by atoms with van der Waals surface area (Å²) in [5.41, 5.74) is 5.20. The van der Waals surface area contributed by atoms with Crippen LogP contribution in [0.1, 0.15) is 37.4 Å². The van der Waals surface area contributed by atoms with E-state index in [1.165, 1.54) is 6.08 Å². The van der Waals surface area contributed by atoms with Crippen molar-refractivity contribution in [2.24, 2.45) is 5.10 Å². The molecular weight excluding hydrogens is 350 g/mol. The molecule has 28 heavy (non-hydrogen) atoms. The Morgan fingerprint density at radius 3 is 2.46 bits per heavy atom. The van der Waals surface area contributed by atoms with Gasteiger partial charge in [0.2, 0.25) is 0 Å². The summed E-state index contributed by atoms with van der Waals surface area (Å²) in [5.74, 6) is -0.343. The molecule has 1 heterocycles. The van der Waals surface area contributed by atoms with Crippen molar-refractivity contribution in [1.29, 1.82) is 0 Å². The summed E-state index contributed by atoms with van der Waals surface area (Å²) in [6, 6.07) is 18.7. The molecule has 5 heteroatoms. The Balaban J connectivity index is 1.94. The van der Waals surface area contributed by atoms with Gasteiger partial charge in [-0.2, -0.15) is 5.10 Å². The zero-order valence-corrected chi connectivity index (χ0v) is 16.9. The molecule has 0 saturated heterocycles.